The molecular weight excluding hydrogens is 334 g/mol. The summed E-state index contributed by atoms with van der Waals surface area (Å²) < 4.78 is 0. The van der Waals surface area contributed by atoms with Gasteiger partial charge in [-0.2, -0.15) is 0 Å². The third-order valence-electron chi connectivity index (χ3n) is 3.63. The largest absolute Gasteiger partial charge is 0.315 e. The van der Waals surface area contributed by atoms with Crippen molar-refractivity contribution in [2.75, 3.05) is 5.32 Å². The van der Waals surface area contributed by atoms with Gasteiger partial charge in [0.05, 0.1) is 11.0 Å². The zero-order valence-corrected chi connectivity index (χ0v) is 14.5. The molecule has 8 heteroatoms. The predicted octanol–water partition coefficient (Wildman–Crippen LogP) is 3.81. The molecule has 4 aromatic heterocycles. The highest BCUT2D eigenvalue weighted by atomic mass is 32.1. The smallest absolute Gasteiger partial charge is 0.211 e. The predicted molar refractivity (Wildman–Crippen MR) is 97.8 cm³/mol. The van der Waals surface area contributed by atoms with E-state index in [0.29, 0.717) is 11.7 Å². The monoisotopic (exact) mass is 349 g/mol. The molecule has 1 N–H and O–H groups in total. The number of nitrogens with one attached hydrogen (secondary N) is 1. The Kier molecular flexibility index (Phi) is 4.02. The molecule has 4 rings (SSSR count). The fraction of sp³-hybridized carbons (Fsp3) is 0.176. The molecule has 124 valence electrons. The Hall–Kier alpha value is -3.00. The van der Waals surface area contributed by atoms with E-state index >= 15 is 0 Å². The molecule has 0 aliphatic rings. The first-order chi connectivity index (χ1) is 12.2. The molecule has 0 saturated carbocycles. The van der Waals surface area contributed by atoms with Crippen LogP contribution in [0.15, 0.2) is 43.1 Å². The van der Waals surface area contributed by atoms with Crippen LogP contribution in [0.5, 0.6) is 0 Å². The van der Waals surface area contributed by atoms with Crippen LogP contribution in [0.1, 0.15) is 24.8 Å². The van der Waals surface area contributed by atoms with Crippen LogP contribution in [0.3, 0.4) is 0 Å². The molecule has 4 aromatic rings. The second kappa shape index (κ2) is 6.48. The molecule has 7 nitrogen and oxygen atoms in total. The molecule has 0 unspecified atom stereocenters. The van der Waals surface area contributed by atoms with Gasteiger partial charge < -0.3 is 5.32 Å². The Labute approximate surface area is 148 Å². The highest BCUT2D eigenvalue weighted by Gasteiger charge is 2.11. The number of nitrogens with zero attached hydrogens (tertiary/aromatic N) is 6. The highest BCUT2D eigenvalue weighted by Crippen LogP contribution is 2.28. The van der Waals surface area contributed by atoms with Gasteiger partial charge in [-0.05, 0) is 18.2 Å². The molecule has 25 heavy (non-hydrogen) atoms. The fourth-order valence-corrected chi connectivity index (χ4v) is 3.15. The maximum absolute atomic E-state index is 4.71. The Morgan fingerprint density at radius 2 is 1.88 bits per heavy atom. The van der Waals surface area contributed by atoms with Gasteiger partial charge in [-0.3, -0.25) is 4.98 Å². The van der Waals surface area contributed by atoms with Crippen molar-refractivity contribution < 1.29 is 0 Å². The van der Waals surface area contributed by atoms with Crippen LogP contribution in [0, 0.1) is 0 Å². The number of fused-ring (bicyclic) bond motifs is 1. The van der Waals surface area contributed by atoms with Gasteiger partial charge >= 0.3 is 0 Å². The SMILES string of the molecule is CC(C)c1nnc(Nc2ccc3nccc(-c4cncnc4)c3n2)s1. The number of hydrogen-bond acceptors (Lipinski definition) is 8. The summed E-state index contributed by atoms with van der Waals surface area (Å²) in [5.74, 6) is 1.05. The topological polar surface area (TPSA) is 89.4 Å². The Bertz CT molecular complexity index is 1010. The molecule has 0 aliphatic carbocycles. The van der Waals surface area contributed by atoms with E-state index in [4.69, 9.17) is 4.98 Å². The van der Waals surface area contributed by atoms with Gasteiger partial charge in [0.1, 0.15) is 17.2 Å². The van der Waals surface area contributed by atoms with Gasteiger partial charge in [-0.1, -0.05) is 25.2 Å². The molecule has 0 saturated heterocycles. The van der Waals surface area contributed by atoms with Crippen molar-refractivity contribution >= 4 is 33.3 Å². The van der Waals surface area contributed by atoms with Gasteiger partial charge in [-0.15, -0.1) is 10.2 Å². The van der Waals surface area contributed by atoms with E-state index in [1.165, 1.54) is 17.7 Å². The number of hydrogen-bond donors (Lipinski definition) is 1. The van der Waals surface area contributed by atoms with E-state index in [0.717, 1.165) is 32.3 Å². The number of pyridine rings is 2. The lowest BCUT2D eigenvalue weighted by atomic mass is 10.1. The molecule has 0 atom stereocenters. The first-order valence-corrected chi connectivity index (χ1v) is 8.64. The second-order valence-corrected chi connectivity index (χ2v) is 6.78. The first kappa shape index (κ1) is 15.5. The molecule has 0 spiro atoms. The normalized spacial score (nSPS) is 11.2. The third kappa shape index (κ3) is 3.16. The number of anilines is 2. The number of rotatable bonds is 4. The van der Waals surface area contributed by atoms with Crippen molar-refractivity contribution in [2.24, 2.45) is 0 Å². The maximum atomic E-state index is 4.71. The maximum Gasteiger partial charge on any atom is 0.211 e. The summed E-state index contributed by atoms with van der Waals surface area (Å²) in [6, 6.07) is 5.74. The molecule has 4 heterocycles. The summed E-state index contributed by atoms with van der Waals surface area (Å²) in [7, 11) is 0. The summed E-state index contributed by atoms with van der Waals surface area (Å²) in [4.78, 5) is 17.3. The Morgan fingerprint density at radius 1 is 1.04 bits per heavy atom. The van der Waals surface area contributed by atoms with Crippen LogP contribution in [0.2, 0.25) is 0 Å². The lowest BCUT2D eigenvalue weighted by Gasteiger charge is -2.07. The first-order valence-electron chi connectivity index (χ1n) is 7.82. The summed E-state index contributed by atoms with van der Waals surface area (Å²) in [5, 5.41) is 13.3. The van der Waals surface area contributed by atoms with Crippen molar-refractivity contribution in [3.8, 4) is 11.1 Å². The molecule has 0 fully saturated rings. The van der Waals surface area contributed by atoms with Crippen LogP contribution < -0.4 is 5.32 Å². The van der Waals surface area contributed by atoms with E-state index in [2.05, 4.69) is 44.3 Å². The van der Waals surface area contributed by atoms with Crippen LogP contribution in [0.25, 0.3) is 22.2 Å². The van der Waals surface area contributed by atoms with Crippen molar-refractivity contribution in [3.63, 3.8) is 0 Å². The zero-order chi connectivity index (χ0) is 17.2. The van der Waals surface area contributed by atoms with Crippen molar-refractivity contribution in [3.05, 3.63) is 48.1 Å². The fourth-order valence-electron chi connectivity index (χ4n) is 2.39. The van der Waals surface area contributed by atoms with Gasteiger partial charge in [0.2, 0.25) is 5.13 Å². The highest BCUT2D eigenvalue weighted by molar-refractivity contribution is 7.15. The summed E-state index contributed by atoms with van der Waals surface area (Å²) in [5.41, 5.74) is 3.44. The van der Waals surface area contributed by atoms with Gasteiger partial charge in [0.15, 0.2) is 0 Å². The van der Waals surface area contributed by atoms with E-state index in [1.54, 1.807) is 18.6 Å². The number of aromatic nitrogens is 6. The Morgan fingerprint density at radius 3 is 2.64 bits per heavy atom. The molecule has 0 aliphatic heterocycles. The minimum Gasteiger partial charge on any atom is -0.315 e. The van der Waals surface area contributed by atoms with Gasteiger partial charge in [-0.25, -0.2) is 15.0 Å². The average molecular weight is 349 g/mol. The average Bonchev–Trinajstić information content (AvgIpc) is 3.11. The van der Waals surface area contributed by atoms with Crippen LogP contribution in [-0.4, -0.2) is 30.1 Å². The van der Waals surface area contributed by atoms with E-state index in [1.807, 2.05) is 18.2 Å². The summed E-state index contributed by atoms with van der Waals surface area (Å²) in [6.45, 7) is 4.19. The molecule has 0 bridgehead atoms. The zero-order valence-electron chi connectivity index (χ0n) is 13.7. The van der Waals surface area contributed by atoms with E-state index in [-0.39, 0.29) is 0 Å². The van der Waals surface area contributed by atoms with Crippen LogP contribution in [-0.2, 0) is 0 Å². The van der Waals surface area contributed by atoms with Crippen LogP contribution in [0.4, 0.5) is 10.9 Å². The standard InChI is InChI=1S/C17H15N7S/c1-10(2)16-23-24-17(25-16)22-14-4-3-13-15(21-14)12(5-6-20-13)11-7-18-9-19-8-11/h3-10H,1-2H3,(H,21,22,24). The lowest BCUT2D eigenvalue weighted by Crippen LogP contribution is -1.95. The summed E-state index contributed by atoms with van der Waals surface area (Å²) in [6.07, 6.45) is 6.81. The van der Waals surface area contributed by atoms with Gasteiger partial charge in [0.25, 0.3) is 0 Å². The quantitative estimate of drug-likeness (QED) is 0.599. The van der Waals surface area contributed by atoms with E-state index < -0.39 is 0 Å². The Balaban J connectivity index is 1.73. The minimum absolute atomic E-state index is 0.353. The molecular formula is C17H15N7S. The molecule has 0 amide bonds. The third-order valence-corrected chi connectivity index (χ3v) is 4.76. The van der Waals surface area contributed by atoms with Crippen molar-refractivity contribution in [1.82, 2.24) is 30.1 Å². The van der Waals surface area contributed by atoms with Crippen molar-refractivity contribution in [1.29, 1.82) is 0 Å². The second-order valence-electron chi connectivity index (χ2n) is 5.78. The van der Waals surface area contributed by atoms with Crippen LogP contribution >= 0.6 is 11.3 Å². The minimum atomic E-state index is 0.353. The van der Waals surface area contributed by atoms with E-state index in [9.17, 15) is 0 Å². The van der Waals surface area contributed by atoms with Gasteiger partial charge in [0, 0.05) is 35.6 Å². The molecule has 0 aromatic carbocycles. The summed E-state index contributed by atoms with van der Waals surface area (Å²) >= 11 is 1.53. The molecule has 0 radical (unpaired) electrons. The van der Waals surface area contributed by atoms with Crippen molar-refractivity contribution in [2.45, 2.75) is 19.8 Å². The lowest BCUT2D eigenvalue weighted by molar-refractivity contribution is 0.825.